The normalized spacial score (nSPS) is 18.9. The molecule has 1 amide bonds. The molecule has 1 saturated heterocycles. The second-order valence-electron chi connectivity index (χ2n) is 4.57. The predicted octanol–water partition coefficient (Wildman–Crippen LogP) is 0.952. The lowest BCUT2D eigenvalue weighted by Gasteiger charge is -2.29. The van der Waals surface area contributed by atoms with Gasteiger partial charge in [0.1, 0.15) is 0 Å². The summed E-state index contributed by atoms with van der Waals surface area (Å²) in [5.74, 6) is 0.0698. The number of aryl methyl sites for hydroxylation is 1. The third-order valence-corrected chi connectivity index (χ3v) is 3.17. The number of carbonyl (C=O) groups is 1. The summed E-state index contributed by atoms with van der Waals surface area (Å²) in [7, 11) is 0. The van der Waals surface area contributed by atoms with Crippen LogP contribution in [0.3, 0.4) is 0 Å². The molecule has 2 N–H and O–H groups in total. The van der Waals surface area contributed by atoms with Crippen LogP contribution in [0.4, 0.5) is 5.69 Å². The van der Waals surface area contributed by atoms with Gasteiger partial charge in [-0.05, 0) is 24.1 Å². The van der Waals surface area contributed by atoms with Crippen molar-refractivity contribution in [3.05, 3.63) is 29.8 Å². The average molecular weight is 259 g/mol. The number of ether oxygens (including phenoxy) is 1. The van der Waals surface area contributed by atoms with E-state index in [9.17, 15) is 4.79 Å². The monoisotopic (exact) mass is 259 g/mol. The summed E-state index contributed by atoms with van der Waals surface area (Å²) >= 11 is 0. The number of hydrogen-bond donors (Lipinski definition) is 1. The van der Waals surface area contributed by atoms with Crippen molar-refractivity contribution < 1.29 is 9.53 Å². The van der Waals surface area contributed by atoms with Crippen LogP contribution in [0.15, 0.2) is 24.3 Å². The van der Waals surface area contributed by atoms with E-state index in [1.165, 1.54) is 0 Å². The Kier molecular flexibility index (Phi) is 4.37. The number of anilines is 1. The van der Waals surface area contributed by atoms with Crippen LogP contribution >= 0.6 is 0 Å². The molecule has 0 aliphatic carbocycles. The molecule has 1 aromatic carbocycles. The summed E-state index contributed by atoms with van der Waals surface area (Å²) in [5, 5.41) is 8.80. The van der Waals surface area contributed by atoms with E-state index in [1.54, 1.807) is 4.90 Å². The zero-order valence-corrected chi connectivity index (χ0v) is 10.7. The summed E-state index contributed by atoms with van der Waals surface area (Å²) in [5.41, 5.74) is 7.42. The van der Waals surface area contributed by atoms with E-state index in [1.807, 2.05) is 30.3 Å². The molecule has 2 rings (SSSR count). The van der Waals surface area contributed by atoms with Gasteiger partial charge in [-0.15, -0.1) is 0 Å². The molecule has 0 aromatic heterocycles. The number of rotatable bonds is 3. The molecule has 0 bridgehead atoms. The first-order chi connectivity index (χ1) is 9.19. The summed E-state index contributed by atoms with van der Waals surface area (Å²) < 4.78 is 5.21. The molecule has 0 radical (unpaired) electrons. The van der Waals surface area contributed by atoms with Crippen LogP contribution in [-0.2, 0) is 16.0 Å². The highest BCUT2D eigenvalue weighted by Crippen LogP contribution is 2.11. The second-order valence-corrected chi connectivity index (χ2v) is 4.57. The van der Waals surface area contributed by atoms with Gasteiger partial charge in [-0.1, -0.05) is 12.1 Å². The van der Waals surface area contributed by atoms with Gasteiger partial charge in [-0.3, -0.25) is 4.79 Å². The number of morpholine rings is 1. The molecule has 19 heavy (non-hydrogen) atoms. The van der Waals surface area contributed by atoms with Crippen molar-refractivity contribution in [3.63, 3.8) is 0 Å². The fourth-order valence-electron chi connectivity index (χ4n) is 2.05. The lowest BCUT2D eigenvalue weighted by Crippen LogP contribution is -2.45. The van der Waals surface area contributed by atoms with Crippen LogP contribution in [0.1, 0.15) is 12.0 Å². The smallest absolute Gasteiger partial charge is 0.223 e. The number of amides is 1. The van der Waals surface area contributed by atoms with E-state index in [0.29, 0.717) is 32.5 Å². The van der Waals surface area contributed by atoms with Crippen LogP contribution in [0.25, 0.3) is 0 Å². The van der Waals surface area contributed by atoms with E-state index >= 15 is 0 Å². The quantitative estimate of drug-likeness (QED) is 0.820. The molecule has 0 spiro atoms. The molecule has 5 nitrogen and oxygen atoms in total. The van der Waals surface area contributed by atoms with E-state index in [-0.39, 0.29) is 5.91 Å². The van der Waals surface area contributed by atoms with Crippen LogP contribution in [0.2, 0.25) is 0 Å². The van der Waals surface area contributed by atoms with Crippen molar-refractivity contribution in [3.8, 4) is 6.07 Å². The maximum atomic E-state index is 12.0. The fourth-order valence-corrected chi connectivity index (χ4v) is 2.05. The number of nitrogens with two attached hydrogens (primary N) is 1. The zero-order valence-electron chi connectivity index (χ0n) is 10.7. The highest BCUT2D eigenvalue weighted by molar-refractivity contribution is 5.76. The van der Waals surface area contributed by atoms with Crippen molar-refractivity contribution in [1.82, 2.24) is 4.90 Å². The predicted molar refractivity (Wildman–Crippen MR) is 71.1 cm³/mol. The highest BCUT2D eigenvalue weighted by atomic mass is 16.5. The van der Waals surface area contributed by atoms with Gasteiger partial charge >= 0.3 is 0 Å². The highest BCUT2D eigenvalue weighted by Gasteiger charge is 2.23. The molecule has 100 valence electrons. The average Bonchev–Trinajstić information content (AvgIpc) is 2.46. The van der Waals surface area contributed by atoms with Crippen molar-refractivity contribution in [2.75, 3.05) is 25.4 Å². The molecule has 0 saturated carbocycles. The van der Waals surface area contributed by atoms with Crippen LogP contribution in [0.5, 0.6) is 0 Å². The molecule has 5 heteroatoms. The Balaban J connectivity index is 1.84. The molecule has 1 aliphatic rings. The maximum Gasteiger partial charge on any atom is 0.223 e. The summed E-state index contributed by atoms with van der Waals surface area (Å²) in [6.07, 6.45) is 0.643. The largest absolute Gasteiger partial charge is 0.399 e. The minimum Gasteiger partial charge on any atom is -0.399 e. The fraction of sp³-hybridized carbons (Fsp3) is 0.429. The van der Waals surface area contributed by atoms with Crippen molar-refractivity contribution in [2.24, 2.45) is 0 Å². The van der Waals surface area contributed by atoms with E-state index in [0.717, 1.165) is 11.3 Å². The Morgan fingerprint density at radius 2 is 2.21 bits per heavy atom. The molecule has 1 unspecified atom stereocenters. The Bertz CT molecular complexity index is 478. The first-order valence-corrected chi connectivity index (χ1v) is 6.32. The van der Waals surface area contributed by atoms with Crippen molar-refractivity contribution in [2.45, 2.75) is 18.9 Å². The van der Waals surface area contributed by atoms with E-state index in [4.69, 9.17) is 15.7 Å². The van der Waals surface area contributed by atoms with Crippen LogP contribution in [0, 0.1) is 11.3 Å². The van der Waals surface area contributed by atoms with Gasteiger partial charge in [-0.2, -0.15) is 5.26 Å². The molecule has 1 aliphatic heterocycles. The van der Waals surface area contributed by atoms with E-state index in [2.05, 4.69) is 0 Å². The van der Waals surface area contributed by atoms with Gasteiger partial charge < -0.3 is 15.4 Å². The van der Waals surface area contributed by atoms with Gasteiger partial charge in [0.25, 0.3) is 0 Å². The summed E-state index contributed by atoms with van der Waals surface area (Å²) in [6, 6.07) is 9.57. The molecule has 1 fully saturated rings. The van der Waals surface area contributed by atoms with Crippen LogP contribution < -0.4 is 5.73 Å². The Morgan fingerprint density at radius 1 is 1.47 bits per heavy atom. The molecular formula is C14H17N3O2. The third-order valence-electron chi connectivity index (χ3n) is 3.17. The standard InChI is InChI=1S/C14H17N3O2/c15-9-13-10-17(7-8-19-13)14(18)6-3-11-1-4-12(16)5-2-11/h1-2,4-5,13H,3,6-8,10,16H2. The van der Waals surface area contributed by atoms with Crippen LogP contribution in [-0.4, -0.2) is 36.6 Å². The van der Waals surface area contributed by atoms with Crippen molar-refractivity contribution in [1.29, 1.82) is 5.26 Å². The Hall–Kier alpha value is -2.06. The lowest BCUT2D eigenvalue weighted by atomic mass is 10.1. The second kappa shape index (κ2) is 6.21. The number of benzene rings is 1. The minimum atomic E-state index is -0.491. The zero-order chi connectivity index (χ0) is 13.7. The lowest BCUT2D eigenvalue weighted by molar-refractivity contribution is -0.136. The molecule has 1 atom stereocenters. The Morgan fingerprint density at radius 3 is 2.89 bits per heavy atom. The van der Waals surface area contributed by atoms with Gasteiger partial charge in [0, 0.05) is 18.7 Å². The number of hydrogen-bond acceptors (Lipinski definition) is 4. The van der Waals surface area contributed by atoms with Gasteiger partial charge in [0.05, 0.1) is 19.2 Å². The number of nitrogen functional groups attached to an aromatic ring is 1. The van der Waals surface area contributed by atoms with Gasteiger partial charge in [-0.25, -0.2) is 0 Å². The molecule has 1 heterocycles. The first-order valence-electron chi connectivity index (χ1n) is 6.32. The third kappa shape index (κ3) is 3.70. The number of carbonyl (C=O) groups excluding carboxylic acids is 1. The van der Waals surface area contributed by atoms with E-state index < -0.39 is 6.10 Å². The van der Waals surface area contributed by atoms with Crippen molar-refractivity contribution >= 4 is 11.6 Å². The molecular weight excluding hydrogens is 242 g/mol. The summed E-state index contributed by atoms with van der Waals surface area (Å²) in [4.78, 5) is 13.7. The van der Waals surface area contributed by atoms with Gasteiger partial charge in [0.2, 0.25) is 5.91 Å². The maximum absolute atomic E-state index is 12.0. The topological polar surface area (TPSA) is 79.4 Å². The minimum absolute atomic E-state index is 0.0698. The first kappa shape index (κ1) is 13.4. The SMILES string of the molecule is N#CC1CN(C(=O)CCc2ccc(N)cc2)CCO1. The molecule has 1 aromatic rings. The van der Waals surface area contributed by atoms with Gasteiger partial charge in [0.15, 0.2) is 6.10 Å². The number of nitrogens with zero attached hydrogens (tertiary/aromatic N) is 2. The summed E-state index contributed by atoms with van der Waals surface area (Å²) in [6.45, 7) is 1.38. The Labute approximate surface area is 112 Å². The number of nitriles is 1.